The molecule has 3 atom stereocenters. The van der Waals surface area contributed by atoms with Gasteiger partial charge in [-0.05, 0) is 49.9 Å². The number of fused-ring (bicyclic) bond motifs is 1. The minimum Gasteiger partial charge on any atom is -0.303 e. The van der Waals surface area contributed by atoms with Gasteiger partial charge in [0.2, 0.25) is 0 Å². The zero-order valence-electron chi connectivity index (χ0n) is 11.6. The van der Waals surface area contributed by atoms with E-state index in [1.54, 1.807) is 0 Å². The molecule has 1 aromatic carbocycles. The maximum Gasteiger partial charge on any atom is 0.133 e. The van der Waals surface area contributed by atoms with Crippen LogP contribution in [0.5, 0.6) is 0 Å². The fraction of sp³-hybridized carbons (Fsp3) is 0.588. The van der Waals surface area contributed by atoms with Crippen LogP contribution in [0.3, 0.4) is 0 Å². The molecule has 1 saturated carbocycles. The third-order valence-corrected chi connectivity index (χ3v) is 5.88. The number of carbonyl (C=O) groups is 1. The highest BCUT2D eigenvalue weighted by molar-refractivity contribution is 5.81. The molecular weight excluding hydrogens is 234 g/mol. The summed E-state index contributed by atoms with van der Waals surface area (Å²) in [5, 5.41) is 0. The van der Waals surface area contributed by atoms with Crippen LogP contribution < -0.4 is 0 Å². The van der Waals surface area contributed by atoms with E-state index in [1.165, 1.54) is 17.5 Å². The normalized spacial score (nSPS) is 37.6. The first-order chi connectivity index (χ1) is 9.21. The van der Waals surface area contributed by atoms with Crippen LogP contribution in [0, 0.1) is 5.92 Å². The number of likely N-dealkylation sites (N-methyl/N-ethyl adjacent to an activating group) is 1. The lowest BCUT2D eigenvalue weighted by Gasteiger charge is -2.58. The van der Waals surface area contributed by atoms with Crippen molar-refractivity contribution in [1.29, 1.82) is 0 Å². The third kappa shape index (κ3) is 1.50. The minimum absolute atomic E-state index is 0.168. The van der Waals surface area contributed by atoms with Gasteiger partial charge in [-0.3, -0.25) is 4.79 Å². The Bertz CT molecular complexity index is 538. The summed E-state index contributed by atoms with van der Waals surface area (Å²) in [5.74, 6) is 1.18. The zero-order valence-corrected chi connectivity index (χ0v) is 11.6. The Balaban J connectivity index is 1.91. The lowest BCUT2D eigenvalue weighted by Crippen LogP contribution is -2.60. The fourth-order valence-corrected chi connectivity index (χ4v) is 4.98. The monoisotopic (exact) mass is 255 g/mol. The number of ketones is 1. The molecule has 0 spiro atoms. The van der Waals surface area contributed by atoms with E-state index in [0.29, 0.717) is 17.7 Å². The van der Waals surface area contributed by atoms with Gasteiger partial charge in [0.05, 0.1) is 0 Å². The van der Waals surface area contributed by atoms with Crippen LogP contribution in [0.15, 0.2) is 24.3 Å². The molecule has 2 bridgehead atoms. The Morgan fingerprint density at radius 3 is 3.05 bits per heavy atom. The smallest absolute Gasteiger partial charge is 0.133 e. The molecule has 2 fully saturated rings. The molecule has 1 heterocycles. The molecule has 4 rings (SSSR count). The minimum atomic E-state index is 0.168. The molecule has 0 N–H and O–H groups in total. The van der Waals surface area contributed by atoms with Crippen molar-refractivity contribution in [3.8, 4) is 0 Å². The van der Waals surface area contributed by atoms with Gasteiger partial charge in [0.1, 0.15) is 5.78 Å². The lowest BCUT2D eigenvalue weighted by atomic mass is 9.52. The van der Waals surface area contributed by atoms with E-state index in [9.17, 15) is 4.79 Å². The molecule has 0 amide bonds. The SMILES string of the molecule is CN1CC[C@]23CC(=O)CC[C@H]2[C@@H]1Cc1ccccc13. The quantitative estimate of drug-likeness (QED) is 0.710. The number of Topliss-reactive ketones (excluding diaryl/α,β-unsaturated/α-hetero) is 1. The van der Waals surface area contributed by atoms with Gasteiger partial charge in [0.15, 0.2) is 0 Å². The number of likely N-dealkylation sites (tertiary alicyclic amines) is 1. The molecule has 100 valence electrons. The predicted octanol–water partition coefficient (Wildman–Crippen LogP) is 2.55. The summed E-state index contributed by atoms with van der Waals surface area (Å²) in [6.07, 6.45) is 5.03. The lowest BCUT2D eigenvalue weighted by molar-refractivity contribution is -0.126. The van der Waals surface area contributed by atoms with E-state index < -0.39 is 0 Å². The molecule has 2 aliphatic carbocycles. The van der Waals surface area contributed by atoms with Gasteiger partial charge >= 0.3 is 0 Å². The van der Waals surface area contributed by atoms with E-state index in [0.717, 1.165) is 32.2 Å². The average Bonchev–Trinajstić information content (AvgIpc) is 2.42. The molecule has 1 saturated heterocycles. The molecule has 1 aliphatic heterocycles. The highest BCUT2D eigenvalue weighted by Gasteiger charge is 2.54. The van der Waals surface area contributed by atoms with E-state index in [2.05, 4.69) is 36.2 Å². The molecule has 2 nitrogen and oxygen atoms in total. The highest BCUT2D eigenvalue weighted by Crippen LogP contribution is 2.54. The largest absolute Gasteiger partial charge is 0.303 e. The van der Waals surface area contributed by atoms with Gasteiger partial charge < -0.3 is 4.90 Å². The van der Waals surface area contributed by atoms with Crippen LogP contribution in [-0.2, 0) is 16.6 Å². The number of rotatable bonds is 0. The predicted molar refractivity (Wildman–Crippen MR) is 75.2 cm³/mol. The van der Waals surface area contributed by atoms with E-state index in [1.807, 2.05) is 0 Å². The number of benzene rings is 1. The highest BCUT2D eigenvalue weighted by atomic mass is 16.1. The standard InChI is InChI=1S/C17H21NO/c1-18-9-8-17-11-13(19)6-7-15(17)16(18)10-12-4-2-3-5-14(12)17/h2-5,15-16H,6-11H2,1H3/t15-,16-,17+/m0/s1. The van der Waals surface area contributed by atoms with Crippen molar-refractivity contribution in [2.45, 2.75) is 43.6 Å². The van der Waals surface area contributed by atoms with Gasteiger partial charge in [-0.15, -0.1) is 0 Å². The summed E-state index contributed by atoms with van der Waals surface area (Å²) < 4.78 is 0. The van der Waals surface area contributed by atoms with Crippen LogP contribution in [0.1, 0.15) is 36.8 Å². The summed E-state index contributed by atoms with van der Waals surface area (Å²) in [4.78, 5) is 14.6. The first-order valence-electron chi connectivity index (χ1n) is 7.51. The Hall–Kier alpha value is -1.15. The van der Waals surface area contributed by atoms with Crippen molar-refractivity contribution in [3.63, 3.8) is 0 Å². The number of hydrogen-bond donors (Lipinski definition) is 0. The Labute approximate surface area is 114 Å². The maximum absolute atomic E-state index is 12.1. The number of carbonyl (C=O) groups excluding carboxylic acids is 1. The van der Waals surface area contributed by atoms with Gasteiger partial charge in [0.25, 0.3) is 0 Å². The van der Waals surface area contributed by atoms with Crippen LogP contribution >= 0.6 is 0 Å². The summed E-state index contributed by atoms with van der Waals surface area (Å²) in [5.41, 5.74) is 3.16. The van der Waals surface area contributed by atoms with E-state index >= 15 is 0 Å². The van der Waals surface area contributed by atoms with Crippen molar-refractivity contribution in [2.75, 3.05) is 13.6 Å². The molecule has 19 heavy (non-hydrogen) atoms. The topological polar surface area (TPSA) is 20.3 Å². The Morgan fingerprint density at radius 2 is 2.16 bits per heavy atom. The molecule has 3 aliphatic rings. The summed E-state index contributed by atoms with van der Waals surface area (Å²) in [6, 6.07) is 9.52. The summed E-state index contributed by atoms with van der Waals surface area (Å²) in [6.45, 7) is 1.14. The molecule has 2 heteroatoms. The van der Waals surface area contributed by atoms with Gasteiger partial charge in [0, 0.05) is 24.3 Å². The van der Waals surface area contributed by atoms with Crippen molar-refractivity contribution in [2.24, 2.45) is 5.92 Å². The van der Waals surface area contributed by atoms with Crippen LogP contribution in [0.2, 0.25) is 0 Å². The first kappa shape index (κ1) is 11.7. The van der Waals surface area contributed by atoms with Gasteiger partial charge in [-0.2, -0.15) is 0 Å². The second-order valence-corrected chi connectivity index (χ2v) is 6.68. The van der Waals surface area contributed by atoms with E-state index in [4.69, 9.17) is 0 Å². The Kier molecular flexibility index (Phi) is 2.41. The summed E-state index contributed by atoms with van der Waals surface area (Å²) >= 11 is 0. The average molecular weight is 255 g/mol. The maximum atomic E-state index is 12.1. The first-order valence-corrected chi connectivity index (χ1v) is 7.51. The molecular formula is C17H21NO. The van der Waals surface area contributed by atoms with E-state index in [-0.39, 0.29) is 5.41 Å². The van der Waals surface area contributed by atoms with Gasteiger partial charge in [-0.1, -0.05) is 24.3 Å². The molecule has 0 aromatic heterocycles. The van der Waals surface area contributed by atoms with Crippen molar-refractivity contribution < 1.29 is 4.79 Å². The second kappa shape index (κ2) is 3.92. The summed E-state index contributed by atoms with van der Waals surface area (Å²) in [7, 11) is 2.26. The van der Waals surface area contributed by atoms with Crippen molar-refractivity contribution in [1.82, 2.24) is 4.90 Å². The van der Waals surface area contributed by atoms with Crippen LogP contribution in [-0.4, -0.2) is 30.3 Å². The van der Waals surface area contributed by atoms with Crippen LogP contribution in [0.25, 0.3) is 0 Å². The van der Waals surface area contributed by atoms with Gasteiger partial charge in [-0.25, -0.2) is 0 Å². The number of hydrogen-bond acceptors (Lipinski definition) is 2. The number of piperidine rings is 1. The molecule has 0 unspecified atom stereocenters. The van der Waals surface area contributed by atoms with Crippen molar-refractivity contribution >= 4 is 5.78 Å². The Morgan fingerprint density at radius 1 is 1.32 bits per heavy atom. The third-order valence-electron chi connectivity index (χ3n) is 5.88. The number of nitrogens with zero attached hydrogens (tertiary/aromatic N) is 1. The van der Waals surface area contributed by atoms with Crippen molar-refractivity contribution in [3.05, 3.63) is 35.4 Å². The fourth-order valence-electron chi connectivity index (χ4n) is 4.98. The zero-order chi connectivity index (χ0) is 13.0. The van der Waals surface area contributed by atoms with Crippen LogP contribution in [0.4, 0.5) is 0 Å². The second-order valence-electron chi connectivity index (χ2n) is 6.68. The molecule has 1 aromatic rings. The molecule has 0 radical (unpaired) electrons.